The first kappa shape index (κ1) is 38.1. The van der Waals surface area contributed by atoms with Crippen molar-refractivity contribution in [3.63, 3.8) is 0 Å². The van der Waals surface area contributed by atoms with E-state index in [0.717, 1.165) is 60.1 Å². The van der Waals surface area contributed by atoms with E-state index < -0.39 is 21.5 Å². The fraction of sp³-hybridized carbons (Fsp3) is 0.366. The Balaban J connectivity index is 1.16. The number of hydrogen-bond acceptors (Lipinski definition) is 9. The number of sulfonamides is 1. The molecule has 53 heavy (non-hydrogen) atoms. The number of anilines is 1. The lowest BCUT2D eigenvalue weighted by molar-refractivity contribution is -0.149. The number of aryl methyl sites for hydroxylation is 3. The molecule has 0 aliphatic heterocycles. The maximum atomic E-state index is 13.9. The molecule has 1 fully saturated rings. The number of ketones is 1. The van der Waals surface area contributed by atoms with Crippen molar-refractivity contribution in [1.82, 2.24) is 4.31 Å². The van der Waals surface area contributed by atoms with E-state index >= 15 is 0 Å². The Morgan fingerprint density at radius 3 is 2.15 bits per heavy atom. The molecule has 0 bridgehead atoms. The zero-order valence-corrected chi connectivity index (χ0v) is 31.9. The predicted molar refractivity (Wildman–Crippen MR) is 203 cm³/mol. The minimum Gasteiger partial charge on any atom is -0.465 e. The van der Waals surface area contributed by atoms with Gasteiger partial charge in [-0.25, -0.2) is 13.2 Å². The lowest BCUT2D eigenvalue weighted by Crippen LogP contribution is -2.47. The summed E-state index contributed by atoms with van der Waals surface area (Å²) < 4.78 is 38.9. The Hall–Kier alpha value is -4.65. The molecule has 4 aromatic rings. The van der Waals surface area contributed by atoms with Crippen LogP contribution in [-0.2, 0) is 56.4 Å². The van der Waals surface area contributed by atoms with Gasteiger partial charge in [0.2, 0.25) is 10.0 Å². The topological polar surface area (TPSA) is 136 Å². The van der Waals surface area contributed by atoms with Gasteiger partial charge in [0, 0.05) is 34.0 Å². The number of rotatable bonds is 15. The molecule has 0 radical (unpaired) electrons. The standard InChI is InChI=1S/C41H44N2O8S2/c1-4-43(41(23-24-41)40(47)51-5-2)53(48,49)32-10-8-9-30(25-32)34(44)26-36-37(33-11-6-7-12-35(33)52-36)38(45)42-31-21-17-28(18-22-31)14-13-27-15-19-29(20-16-27)39(46)50-3/h8-10,15-22,25H,4-7,11-14,23-24,26H2,1-3H3,(H,42,45). The molecule has 1 saturated carbocycles. The number of fused-ring (bicyclic) bond motifs is 1. The summed E-state index contributed by atoms with van der Waals surface area (Å²) in [6.45, 7) is 3.60. The summed E-state index contributed by atoms with van der Waals surface area (Å²) in [4.78, 5) is 53.9. The summed E-state index contributed by atoms with van der Waals surface area (Å²) in [5.41, 5.74) is 3.86. The molecule has 1 aromatic heterocycles. The average Bonchev–Trinajstić information content (AvgIpc) is 3.88. The van der Waals surface area contributed by atoms with Gasteiger partial charge in [-0.15, -0.1) is 11.3 Å². The number of thiophene rings is 1. The van der Waals surface area contributed by atoms with Gasteiger partial charge >= 0.3 is 11.9 Å². The Labute approximate surface area is 314 Å². The van der Waals surface area contributed by atoms with Crippen molar-refractivity contribution in [3.05, 3.63) is 116 Å². The van der Waals surface area contributed by atoms with Gasteiger partial charge in [-0.05, 0) is 111 Å². The monoisotopic (exact) mass is 756 g/mol. The van der Waals surface area contributed by atoms with Gasteiger partial charge in [-0.2, -0.15) is 4.31 Å². The minimum absolute atomic E-state index is 0.0479. The summed E-state index contributed by atoms with van der Waals surface area (Å²) in [5, 5.41) is 3.05. The van der Waals surface area contributed by atoms with Crippen molar-refractivity contribution in [2.24, 2.45) is 0 Å². The van der Waals surface area contributed by atoms with Crippen LogP contribution < -0.4 is 5.32 Å². The first-order valence-corrected chi connectivity index (χ1v) is 20.3. The van der Waals surface area contributed by atoms with E-state index in [4.69, 9.17) is 9.47 Å². The third-order valence-corrected chi connectivity index (χ3v) is 13.3. The number of nitrogens with zero attached hydrogens (tertiary/aromatic N) is 1. The van der Waals surface area contributed by atoms with Crippen molar-refractivity contribution in [3.8, 4) is 0 Å². The molecule has 12 heteroatoms. The maximum absolute atomic E-state index is 13.9. The van der Waals surface area contributed by atoms with Crippen LogP contribution in [0.4, 0.5) is 5.69 Å². The number of carbonyl (C=O) groups is 4. The van der Waals surface area contributed by atoms with Gasteiger partial charge in [0.25, 0.3) is 5.91 Å². The van der Waals surface area contributed by atoms with Crippen LogP contribution in [0.25, 0.3) is 0 Å². The maximum Gasteiger partial charge on any atom is 0.337 e. The largest absolute Gasteiger partial charge is 0.465 e. The van der Waals surface area contributed by atoms with Crippen molar-refractivity contribution < 1.29 is 37.1 Å². The average molecular weight is 757 g/mol. The number of carbonyl (C=O) groups excluding carboxylic acids is 4. The predicted octanol–water partition coefficient (Wildman–Crippen LogP) is 6.98. The van der Waals surface area contributed by atoms with Crippen LogP contribution in [0.2, 0.25) is 0 Å². The fourth-order valence-corrected chi connectivity index (χ4v) is 10.3. The molecule has 6 rings (SSSR count). The number of esters is 2. The summed E-state index contributed by atoms with van der Waals surface area (Å²) in [7, 11) is -2.76. The number of likely N-dealkylation sites (N-methyl/N-ethyl adjacent to an activating group) is 1. The minimum atomic E-state index is -4.12. The first-order valence-electron chi connectivity index (χ1n) is 18.0. The van der Waals surface area contributed by atoms with Crippen LogP contribution in [0.3, 0.4) is 0 Å². The third kappa shape index (κ3) is 8.14. The summed E-state index contributed by atoms with van der Waals surface area (Å²) in [6, 6.07) is 21.0. The molecule has 278 valence electrons. The number of benzene rings is 3. The number of ether oxygens (including phenoxy) is 2. The highest BCUT2D eigenvalue weighted by atomic mass is 32.2. The van der Waals surface area contributed by atoms with E-state index in [0.29, 0.717) is 34.5 Å². The second-order valence-corrected chi connectivity index (χ2v) is 16.5. The molecular formula is C41H44N2O8S2. The van der Waals surface area contributed by atoms with Gasteiger partial charge in [0.05, 0.1) is 29.7 Å². The van der Waals surface area contributed by atoms with Crippen LogP contribution in [0.15, 0.2) is 77.7 Å². The van der Waals surface area contributed by atoms with Crippen LogP contribution >= 0.6 is 11.3 Å². The van der Waals surface area contributed by atoms with Gasteiger partial charge in [0.1, 0.15) is 5.54 Å². The zero-order chi connectivity index (χ0) is 37.8. The molecular weight excluding hydrogens is 713 g/mol. The fourth-order valence-electron chi connectivity index (χ4n) is 7.02. The van der Waals surface area contributed by atoms with E-state index in [1.54, 1.807) is 32.0 Å². The summed E-state index contributed by atoms with van der Waals surface area (Å²) >= 11 is 1.49. The number of Topliss-reactive ketones (excluding diaryl/α,β-unsaturated/α-hetero) is 1. The third-order valence-electron chi connectivity index (χ3n) is 9.97. The number of hydrogen-bond donors (Lipinski definition) is 1. The van der Waals surface area contributed by atoms with E-state index in [1.807, 2.05) is 36.4 Å². The van der Waals surface area contributed by atoms with Crippen LogP contribution in [-0.4, -0.2) is 62.2 Å². The molecule has 0 spiro atoms. The van der Waals surface area contributed by atoms with Gasteiger partial charge in [-0.1, -0.05) is 43.3 Å². The van der Waals surface area contributed by atoms with Crippen LogP contribution in [0, 0.1) is 0 Å². The Bertz CT molecular complexity index is 2120. The molecule has 1 N–H and O–H groups in total. The molecule has 1 amide bonds. The SMILES string of the molecule is CCOC(=O)C1(N(CC)S(=O)(=O)c2cccc(C(=O)Cc3sc4c(c3C(=O)Nc3ccc(CCc5ccc(C(=O)OC)cc5)cc3)CCCC4)c2)CC1. The number of nitrogens with one attached hydrogen (secondary N) is 1. The lowest BCUT2D eigenvalue weighted by atomic mass is 9.93. The zero-order valence-electron chi connectivity index (χ0n) is 30.2. The highest BCUT2D eigenvalue weighted by molar-refractivity contribution is 7.89. The van der Waals surface area contributed by atoms with E-state index in [2.05, 4.69) is 5.32 Å². The highest BCUT2D eigenvalue weighted by Crippen LogP contribution is 2.45. The van der Waals surface area contributed by atoms with Gasteiger partial charge in [0.15, 0.2) is 5.78 Å². The second kappa shape index (κ2) is 16.2. The van der Waals surface area contributed by atoms with Gasteiger partial charge < -0.3 is 14.8 Å². The van der Waals surface area contributed by atoms with E-state index in [9.17, 15) is 27.6 Å². The molecule has 2 aliphatic carbocycles. The second-order valence-electron chi connectivity index (χ2n) is 13.4. The van der Waals surface area contributed by atoms with Crippen molar-refractivity contribution in [2.75, 3.05) is 25.6 Å². The Kier molecular flexibility index (Phi) is 11.6. The first-order chi connectivity index (χ1) is 25.5. The molecule has 1 heterocycles. The molecule has 2 aliphatic rings. The summed E-state index contributed by atoms with van der Waals surface area (Å²) in [6.07, 6.45) is 5.85. The molecule has 3 aromatic carbocycles. The Morgan fingerprint density at radius 2 is 1.53 bits per heavy atom. The van der Waals surface area contributed by atoms with Gasteiger partial charge in [-0.3, -0.25) is 14.4 Å². The lowest BCUT2D eigenvalue weighted by Gasteiger charge is -2.28. The number of methoxy groups -OCH3 is 1. The van der Waals surface area contributed by atoms with Crippen molar-refractivity contribution in [2.45, 2.75) is 82.1 Å². The van der Waals surface area contributed by atoms with Crippen LogP contribution in [0.1, 0.15) is 97.0 Å². The molecule has 10 nitrogen and oxygen atoms in total. The highest BCUT2D eigenvalue weighted by Gasteiger charge is 2.59. The van der Waals surface area contributed by atoms with Crippen LogP contribution in [0.5, 0.6) is 0 Å². The Morgan fingerprint density at radius 1 is 0.868 bits per heavy atom. The van der Waals surface area contributed by atoms with Crippen molar-refractivity contribution in [1.29, 1.82) is 0 Å². The molecule has 0 unspecified atom stereocenters. The van der Waals surface area contributed by atoms with E-state index in [-0.39, 0.29) is 47.7 Å². The molecule has 0 atom stereocenters. The quantitative estimate of drug-likeness (QED) is 0.101. The normalized spacial score (nSPS) is 14.6. The number of amides is 1. The molecule has 0 saturated heterocycles. The van der Waals surface area contributed by atoms with E-state index in [1.165, 1.54) is 41.0 Å². The van der Waals surface area contributed by atoms with Crippen molar-refractivity contribution >= 4 is 50.7 Å². The smallest absolute Gasteiger partial charge is 0.337 e. The summed E-state index contributed by atoms with van der Waals surface area (Å²) in [5.74, 6) is -1.49.